The van der Waals surface area contributed by atoms with Crippen LogP contribution in [0, 0.1) is 20.8 Å². The predicted molar refractivity (Wildman–Crippen MR) is 81.3 cm³/mol. The summed E-state index contributed by atoms with van der Waals surface area (Å²) >= 11 is 0. The van der Waals surface area contributed by atoms with Gasteiger partial charge in [0.25, 0.3) is 5.91 Å². The second kappa shape index (κ2) is 5.67. The van der Waals surface area contributed by atoms with E-state index in [2.05, 4.69) is 16.7 Å². The summed E-state index contributed by atoms with van der Waals surface area (Å²) in [4.78, 5) is 12.2. The van der Waals surface area contributed by atoms with Gasteiger partial charge < -0.3 is 15.1 Å². The molecule has 1 amide bonds. The first-order valence-electron chi connectivity index (χ1n) is 6.90. The molecule has 0 radical (unpaired) electrons. The molecule has 0 bridgehead atoms. The van der Waals surface area contributed by atoms with Crippen LogP contribution in [-0.4, -0.2) is 25.5 Å². The van der Waals surface area contributed by atoms with Crippen molar-refractivity contribution >= 4 is 16.9 Å². The van der Waals surface area contributed by atoms with Crippen LogP contribution in [0.1, 0.15) is 34.2 Å². The topological polar surface area (TPSA) is 54.3 Å². The Labute approximate surface area is 119 Å². The van der Waals surface area contributed by atoms with E-state index in [0.717, 1.165) is 27.7 Å². The van der Waals surface area contributed by atoms with Gasteiger partial charge in [0.05, 0.1) is 0 Å². The van der Waals surface area contributed by atoms with E-state index in [0.29, 0.717) is 12.3 Å². The molecule has 0 spiro atoms. The number of aryl methyl sites for hydroxylation is 3. The fourth-order valence-electron chi connectivity index (χ4n) is 2.32. The molecule has 2 aromatic rings. The number of amides is 1. The van der Waals surface area contributed by atoms with Gasteiger partial charge in [-0.1, -0.05) is 12.1 Å². The highest BCUT2D eigenvalue weighted by atomic mass is 16.3. The maximum atomic E-state index is 12.2. The van der Waals surface area contributed by atoms with Crippen molar-refractivity contribution in [2.24, 2.45) is 0 Å². The van der Waals surface area contributed by atoms with Gasteiger partial charge in [0.2, 0.25) is 0 Å². The fraction of sp³-hybridized carbons (Fsp3) is 0.438. The Bertz CT molecular complexity index is 643. The molecule has 0 aliphatic carbocycles. The number of benzene rings is 1. The highest BCUT2D eigenvalue weighted by Gasteiger charge is 2.19. The van der Waals surface area contributed by atoms with Crippen molar-refractivity contribution in [2.45, 2.75) is 33.7 Å². The van der Waals surface area contributed by atoms with Crippen LogP contribution in [0.15, 0.2) is 16.5 Å². The first kappa shape index (κ1) is 14.6. The molecule has 1 atom stereocenters. The molecule has 2 N–H and O–H groups in total. The molecule has 1 unspecified atom stereocenters. The molecule has 4 heteroatoms. The van der Waals surface area contributed by atoms with E-state index in [9.17, 15) is 4.79 Å². The average Bonchev–Trinajstić information content (AvgIpc) is 2.79. The van der Waals surface area contributed by atoms with Crippen molar-refractivity contribution < 1.29 is 9.21 Å². The maximum Gasteiger partial charge on any atom is 0.287 e. The zero-order valence-corrected chi connectivity index (χ0v) is 12.8. The van der Waals surface area contributed by atoms with Crippen LogP contribution in [-0.2, 0) is 0 Å². The summed E-state index contributed by atoms with van der Waals surface area (Å²) < 4.78 is 5.81. The molecule has 108 valence electrons. The Morgan fingerprint density at radius 1 is 1.25 bits per heavy atom. The summed E-state index contributed by atoms with van der Waals surface area (Å²) in [5.41, 5.74) is 3.91. The average molecular weight is 274 g/mol. The lowest BCUT2D eigenvalue weighted by Crippen LogP contribution is -2.37. The van der Waals surface area contributed by atoms with E-state index in [1.54, 1.807) is 0 Å². The van der Waals surface area contributed by atoms with Crippen LogP contribution in [0.3, 0.4) is 0 Å². The normalized spacial score (nSPS) is 12.7. The number of nitrogens with one attached hydrogen (secondary N) is 2. The Morgan fingerprint density at radius 3 is 2.50 bits per heavy atom. The van der Waals surface area contributed by atoms with Gasteiger partial charge in [-0.2, -0.15) is 0 Å². The molecule has 0 saturated carbocycles. The van der Waals surface area contributed by atoms with Crippen LogP contribution in [0.2, 0.25) is 0 Å². The highest BCUT2D eigenvalue weighted by Crippen LogP contribution is 2.30. The van der Waals surface area contributed by atoms with E-state index in [1.807, 2.05) is 40.8 Å². The molecule has 1 aromatic carbocycles. The minimum absolute atomic E-state index is 0.153. The largest absolute Gasteiger partial charge is 0.450 e. The Morgan fingerprint density at radius 2 is 1.90 bits per heavy atom. The number of carbonyl (C=O) groups excluding carboxylic acids is 1. The van der Waals surface area contributed by atoms with Crippen molar-refractivity contribution in [1.29, 1.82) is 0 Å². The number of hydrogen-bond donors (Lipinski definition) is 2. The lowest BCUT2D eigenvalue weighted by Gasteiger charge is -2.10. The van der Waals surface area contributed by atoms with E-state index in [4.69, 9.17) is 4.42 Å². The van der Waals surface area contributed by atoms with Gasteiger partial charge in [0, 0.05) is 23.5 Å². The van der Waals surface area contributed by atoms with Gasteiger partial charge in [-0.3, -0.25) is 4.79 Å². The van der Waals surface area contributed by atoms with Gasteiger partial charge in [0.1, 0.15) is 5.58 Å². The third kappa shape index (κ3) is 2.56. The molecule has 1 heterocycles. The maximum absolute atomic E-state index is 12.2. The highest BCUT2D eigenvalue weighted by molar-refractivity contribution is 6.00. The van der Waals surface area contributed by atoms with Gasteiger partial charge in [-0.05, 0) is 45.9 Å². The molecule has 1 aromatic heterocycles. The zero-order chi connectivity index (χ0) is 14.9. The smallest absolute Gasteiger partial charge is 0.287 e. The quantitative estimate of drug-likeness (QED) is 0.901. The molecule has 0 aliphatic rings. The second-order valence-electron chi connectivity index (χ2n) is 5.36. The molecular weight excluding hydrogens is 252 g/mol. The minimum atomic E-state index is -0.153. The second-order valence-corrected chi connectivity index (χ2v) is 5.36. The summed E-state index contributed by atoms with van der Waals surface area (Å²) in [6, 6.07) is 4.31. The molecule has 0 saturated heterocycles. The SMILES string of the molecule is CNC(C)CNC(=O)c1oc2c(C)ccc(C)c2c1C. The summed E-state index contributed by atoms with van der Waals surface area (Å²) in [7, 11) is 1.87. The molecule has 2 rings (SSSR count). The molecule has 0 fully saturated rings. The number of likely N-dealkylation sites (N-methyl/N-ethyl adjacent to an activating group) is 1. The number of fused-ring (bicyclic) bond motifs is 1. The Hall–Kier alpha value is -1.81. The van der Waals surface area contributed by atoms with E-state index < -0.39 is 0 Å². The Kier molecular flexibility index (Phi) is 4.14. The standard InChI is InChI=1S/C16H22N2O2/c1-9-6-7-10(2)14-13(9)12(4)15(20-14)16(19)18-8-11(3)17-5/h6-7,11,17H,8H2,1-5H3,(H,18,19). The first-order chi connectivity index (χ1) is 9.45. The van der Waals surface area contributed by atoms with Crippen LogP contribution in [0.25, 0.3) is 11.0 Å². The van der Waals surface area contributed by atoms with E-state index >= 15 is 0 Å². The molecule has 0 aliphatic heterocycles. The number of rotatable bonds is 4. The first-order valence-corrected chi connectivity index (χ1v) is 6.90. The lowest BCUT2D eigenvalue weighted by molar-refractivity contribution is 0.0924. The van der Waals surface area contributed by atoms with Crippen molar-refractivity contribution in [3.63, 3.8) is 0 Å². The monoisotopic (exact) mass is 274 g/mol. The number of carbonyl (C=O) groups is 1. The Balaban J connectivity index is 2.36. The van der Waals surface area contributed by atoms with Crippen LogP contribution in [0.5, 0.6) is 0 Å². The summed E-state index contributed by atoms with van der Waals surface area (Å²) in [5.74, 6) is 0.264. The summed E-state index contributed by atoms with van der Waals surface area (Å²) in [5, 5.41) is 7.03. The number of furan rings is 1. The van der Waals surface area contributed by atoms with Gasteiger partial charge in [-0.25, -0.2) is 0 Å². The zero-order valence-electron chi connectivity index (χ0n) is 12.8. The van der Waals surface area contributed by atoms with Crippen molar-refractivity contribution in [2.75, 3.05) is 13.6 Å². The number of hydrogen-bond acceptors (Lipinski definition) is 3. The van der Waals surface area contributed by atoms with Crippen LogP contribution < -0.4 is 10.6 Å². The van der Waals surface area contributed by atoms with Crippen LogP contribution in [0.4, 0.5) is 0 Å². The summed E-state index contributed by atoms with van der Waals surface area (Å²) in [6.07, 6.45) is 0. The van der Waals surface area contributed by atoms with Crippen molar-refractivity contribution in [3.8, 4) is 0 Å². The van der Waals surface area contributed by atoms with E-state index in [-0.39, 0.29) is 11.9 Å². The predicted octanol–water partition coefficient (Wildman–Crippen LogP) is 2.70. The van der Waals surface area contributed by atoms with Crippen molar-refractivity contribution in [1.82, 2.24) is 10.6 Å². The molecule has 20 heavy (non-hydrogen) atoms. The summed E-state index contributed by atoms with van der Waals surface area (Å²) in [6.45, 7) is 8.56. The van der Waals surface area contributed by atoms with Gasteiger partial charge in [-0.15, -0.1) is 0 Å². The third-order valence-corrected chi connectivity index (χ3v) is 3.75. The fourth-order valence-corrected chi connectivity index (χ4v) is 2.32. The lowest BCUT2D eigenvalue weighted by atomic mass is 10.0. The van der Waals surface area contributed by atoms with Crippen LogP contribution >= 0.6 is 0 Å². The molecule has 4 nitrogen and oxygen atoms in total. The third-order valence-electron chi connectivity index (χ3n) is 3.75. The van der Waals surface area contributed by atoms with E-state index in [1.165, 1.54) is 0 Å². The van der Waals surface area contributed by atoms with Crippen molar-refractivity contribution in [3.05, 3.63) is 34.6 Å². The molecular formula is C16H22N2O2. The van der Waals surface area contributed by atoms with Gasteiger partial charge >= 0.3 is 0 Å². The van der Waals surface area contributed by atoms with Gasteiger partial charge in [0.15, 0.2) is 5.76 Å². The minimum Gasteiger partial charge on any atom is -0.450 e.